The number of nitrogens with zero attached hydrogens (tertiary/aromatic N) is 2. The van der Waals surface area contributed by atoms with Gasteiger partial charge in [0.1, 0.15) is 6.04 Å². The number of halogens is 1. The van der Waals surface area contributed by atoms with Crippen molar-refractivity contribution in [3.63, 3.8) is 0 Å². The largest absolute Gasteiger partial charge is 0.395 e. The van der Waals surface area contributed by atoms with Gasteiger partial charge in [-0.15, -0.1) is 11.8 Å². The molecule has 3 amide bonds. The Kier molecular flexibility index (Phi) is 8.02. The number of fused-ring (bicyclic) bond motifs is 1. The number of thioether (sulfide) groups is 1. The number of anilines is 2. The van der Waals surface area contributed by atoms with Crippen LogP contribution in [0.4, 0.5) is 11.4 Å². The number of aliphatic hydroxyl groups is 1. The van der Waals surface area contributed by atoms with E-state index in [-0.39, 0.29) is 41.0 Å². The van der Waals surface area contributed by atoms with Crippen LogP contribution in [-0.4, -0.2) is 81.4 Å². The van der Waals surface area contributed by atoms with Crippen LogP contribution in [0.25, 0.3) is 0 Å². The number of nitrogens with one attached hydrogen (secondary N) is 2. The number of benzene rings is 1. The molecule has 1 aromatic carbocycles. The Bertz CT molecular complexity index is 959. The van der Waals surface area contributed by atoms with Gasteiger partial charge in [-0.05, 0) is 51.0 Å². The van der Waals surface area contributed by atoms with Crippen LogP contribution < -0.4 is 15.5 Å². The summed E-state index contributed by atoms with van der Waals surface area (Å²) >= 11 is 5.35. The molecule has 3 heterocycles. The SMILES string of the molecule is CCCNC(=O)[C@H]1[C@@H]2SC3(CC2Br)C(C(=O)Nc2ccc(N(CC)CC)cc2)N(CCO)C(=O)[C@H]13. The lowest BCUT2D eigenvalue weighted by Gasteiger charge is -2.35. The summed E-state index contributed by atoms with van der Waals surface area (Å²) in [5.41, 5.74) is 1.74. The van der Waals surface area contributed by atoms with Crippen LogP contribution in [0.1, 0.15) is 33.6 Å². The highest BCUT2D eigenvalue weighted by atomic mass is 79.9. The molecule has 3 N–H and O–H groups in total. The fourth-order valence-electron chi connectivity index (χ4n) is 6.00. The molecule has 0 aromatic heterocycles. The van der Waals surface area contributed by atoms with Gasteiger partial charge in [-0.2, -0.15) is 0 Å². The van der Waals surface area contributed by atoms with Crippen LogP contribution in [0.2, 0.25) is 0 Å². The lowest BCUT2D eigenvalue weighted by Crippen LogP contribution is -2.53. The fourth-order valence-corrected chi connectivity index (χ4v) is 9.61. The quantitative estimate of drug-likeness (QED) is 0.376. The van der Waals surface area contributed by atoms with Gasteiger partial charge in [0, 0.05) is 47.6 Å². The average molecular weight is 568 g/mol. The van der Waals surface area contributed by atoms with Crippen molar-refractivity contribution in [1.29, 1.82) is 0 Å². The Morgan fingerprint density at radius 3 is 2.49 bits per heavy atom. The number of alkyl halides is 1. The molecule has 1 aromatic rings. The monoisotopic (exact) mass is 566 g/mol. The van der Waals surface area contributed by atoms with Crippen LogP contribution in [0, 0.1) is 11.8 Å². The first-order valence-corrected chi connectivity index (χ1v) is 14.3. The maximum absolute atomic E-state index is 13.7. The highest BCUT2D eigenvalue weighted by Crippen LogP contribution is 2.67. The number of rotatable bonds is 10. The Labute approximate surface area is 219 Å². The molecule has 35 heavy (non-hydrogen) atoms. The molecular weight excluding hydrogens is 532 g/mol. The Hall–Kier alpha value is -1.78. The number of carbonyl (C=O) groups is 3. The van der Waals surface area contributed by atoms with E-state index in [4.69, 9.17) is 0 Å². The minimum Gasteiger partial charge on any atom is -0.395 e. The van der Waals surface area contributed by atoms with Crippen molar-refractivity contribution < 1.29 is 19.5 Å². The molecule has 3 saturated heterocycles. The molecule has 3 fully saturated rings. The van der Waals surface area contributed by atoms with Gasteiger partial charge in [-0.25, -0.2) is 0 Å². The third kappa shape index (κ3) is 4.46. The van der Waals surface area contributed by atoms with Crippen LogP contribution in [0.5, 0.6) is 0 Å². The molecule has 2 bridgehead atoms. The maximum atomic E-state index is 13.7. The topological polar surface area (TPSA) is 102 Å². The third-order valence-corrected chi connectivity index (χ3v) is 10.7. The van der Waals surface area contributed by atoms with E-state index in [2.05, 4.69) is 45.3 Å². The molecule has 0 aliphatic carbocycles. The number of hydrogen-bond donors (Lipinski definition) is 3. The number of carbonyl (C=O) groups excluding carboxylic acids is 3. The Morgan fingerprint density at radius 2 is 1.89 bits per heavy atom. The van der Waals surface area contributed by atoms with Crippen LogP contribution in [0.3, 0.4) is 0 Å². The Balaban J connectivity index is 1.62. The smallest absolute Gasteiger partial charge is 0.248 e. The molecule has 10 heteroatoms. The van der Waals surface area contributed by atoms with E-state index in [1.807, 2.05) is 31.2 Å². The highest BCUT2D eigenvalue weighted by Gasteiger charge is 2.75. The summed E-state index contributed by atoms with van der Waals surface area (Å²) in [6, 6.07) is 6.96. The van der Waals surface area contributed by atoms with Crippen LogP contribution in [0.15, 0.2) is 24.3 Å². The first-order chi connectivity index (χ1) is 16.8. The second-order valence-corrected chi connectivity index (χ2v) is 12.1. The molecule has 8 nitrogen and oxygen atoms in total. The van der Waals surface area contributed by atoms with Gasteiger partial charge in [-0.3, -0.25) is 14.4 Å². The van der Waals surface area contributed by atoms with E-state index in [1.54, 1.807) is 11.8 Å². The summed E-state index contributed by atoms with van der Waals surface area (Å²) < 4.78 is -0.704. The van der Waals surface area contributed by atoms with E-state index < -0.39 is 22.6 Å². The zero-order valence-corrected chi connectivity index (χ0v) is 22.9. The van der Waals surface area contributed by atoms with Crippen molar-refractivity contribution in [1.82, 2.24) is 10.2 Å². The van der Waals surface area contributed by atoms with E-state index in [1.165, 1.54) is 4.90 Å². The summed E-state index contributed by atoms with van der Waals surface area (Å²) in [4.78, 5) is 44.2. The van der Waals surface area contributed by atoms with Gasteiger partial charge in [0.25, 0.3) is 0 Å². The van der Waals surface area contributed by atoms with Crippen LogP contribution >= 0.6 is 27.7 Å². The number of hydrogen-bond acceptors (Lipinski definition) is 6. The molecule has 0 radical (unpaired) electrons. The fraction of sp³-hybridized carbons (Fsp3) is 0.640. The van der Waals surface area contributed by atoms with Crippen molar-refractivity contribution in [2.45, 2.75) is 54.5 Å². The summed E-state index contributed by atoms with van der Waals surface area (Å²) in [6.45, 7) is 8.36. The molecule has 3 aliphatic rings. The second-order valence-electron chi connectivity index (χ2n) is 9.42. The molecule has 1 spiro atoms. The molecule has 0 saturated carbocycles. The number of aliphatic hydroxyl groups excluding tert-OH is 1. The average Bonchev–Trinajstić information content (AvgIpc) is 3.43. The molecule has 192 valence electrons. The summed E-state index contributed by atoms with van der Waals surface area (Å²) in [5.74, 6) is -1.67. The normalized spacial score (nSPS) is 30.9. The Morgan fingerprint density at radius 1 is 1.20 bits per heavy atom. The van der Waals surface area contributed by atoms with Crippen molar-refractivity contribution in [3.05, 3.63) is 24.3 Å². The summed E-state index contributed by atoms with van der Waals surface area (Å²) in [7, 11) is 0. The van der Waals surface area contributed by atoms with Crippen molar-refractivity contribution in [3.8, 4) is 0 Å². The standard InChI is InChI=1S/C25H35BrN4O4S/c1-4-11-27-22(32)18-19-24(34)30(12-13-31)21(25(19)14-17(26)20(18)35-25)23(33)28-15-7-9-16(10-8-15)29(5-2)6-3/h7-10,17-21,31H,4-6,11-14H2,1-3H3,(H,27,32)(H,28,33)/t17?,18-,19+,20-,21?,25?/m1/s1. The first kappa shape index (κ1) is 26.3. The maximum Gasteiger partial charge on any atom is 0.248 e. The predicted molar refractivity (Wildman–Crippen MR) is 143 cm³/mol. The van der Waals surface area contributed by atoms with Gasteiger partial charge in [0.15, 0.2) is 0 Å². The summed E-state index contributed by atoms with van der Waals surface area (Å²) in [5, 5.41) is 15.6. The second kappa shape index (κ2) is 10.7. The van der Waals surface area contributed by atoms with Gasteiger partial charge in [-0.1, -0.05) is 22.9 Å². The number of β-amino-alcohol motifs (C(OH)–C–C–N with tert-alkyl or cyclic N) is 1. The summed E-state index contributed by atoms with van der Waals surface area (Å²) in [6.07, 6.45) is 1.43. The van der Waals surface area contributed by atoms with Gasteiger partial charge < -0.3 is 25.5 Å². The van der Waals surface area contributed by atoms with Gasteiger partial charge >= 0.3 is 0 Å². The van der Waals surface area contributed by atoms with Crippen LogP contribution in [-0.2, 0) is 14.4 Å². The van der Waals surface area contributed by atoms with E-state index in [9.17, 15) is 19.5 Å². The van der Waals surface area contributed by atoms with Crippen molar-refractivity contribution >= 4 is 56.8 Å². The number of amides is 3. The van der Waals surface area contributed by atoms with E-state index in [0.717, 1.165) is 25.2 Å². The highest BCUT2D eigenvalue weighted by molar-refractivity contribution is 9.09. The predicted octanol–water partition coefficient (Wildman–Crippen LogP) is 2.45. The lowest BCUT2D eigenvalue weighted by molar-refractivity contribution is -0.139. The zero-order chi connectivity index (χ0) is 25.3. The minimum atomic E-state index is -0.756. The van der Waals surface area contributed by atoms with Gasteiger partial charge in [0.2, 0.25) is 17.7 Å². The zero-order valence-electron chi connectivity index (χ0n) is 20.5. The van der Waals surface area contributed by atoms with Crippen molar-refractivity contribution in [2.75, 3.05) is 43.0 Å². The minimum absolute atomic E-state index is 0.0339. The van der Waals surface area contributed by atoms with E-state index >= 15 is 0 Å². The van der Waals surface area contributed by atoms with Crippen molar-refractivity contribution in [2.24, 2.45) is 11.8 Å². The number of likely N-dealkylation sites (tertiary alicyclic amines) is 1. The molecule has 3 unspecified atom stereocenters. The molecule has 6 atom stereocenters. The molecular formula is C25H35BrN4O4S. The molecule has 4 rings (SSSR count). The molecule has 3 aliphatic heterocycles. The van der Waals surface area contributed by atoms with Gasteiger partial charge in [0.05, 0.1) is 23.2 Å². The lowest BCUT2D eigenvalue weighted by atomic mass is 9.70. The van der Waals surface area contributed by atoms with E-state index in [0.29, 0.717) is 18.7 Å². The third-order valence-electron chi connectivity index (χ3n) is 7.49. The first-order valence-electron chi connectivity index (χ1n) is 12.5.